The Balaban J connectivity index is 2.06. The number of nitro groups is 1. The molecular weight excluding hydrogens is 556 g/mol. The Kier molecular flexibility index (Phi) is 8.15. The fourth-order valence-corrected chi connectivity index (χ4v) is 3.88. The number of esters is 1. The Labute approximate surface area is 220 Å². The quantitative estimate of drug-likeness (QED) is 0.162. The molecule has 0 unspecified atom stereocenters. The third-order valence-corrected chi connectivity index (χ3v) is 5.52. The summed E-state index contributed by atoms with van der Waals surface area (Å²) in [7, 11) is 0. The highest BCUT2D eigenvalue weighted by Gasteiger charge is 2.24. The van der Waals surface area contributed by atoms with Crippen LogP contribution in [-0.2, 0) is 14.9 Å². The number of ether oxygens (including phenoxy) is 2. The molecular formula is C24H24BrClN4O6. The zero-order valence-electron chi connectivity index (χ0n) is 20.2. The van der Waals surface area contributed by atoms with Crippen molar-refractivity contribution in [1.82, 2.24) is 9.66 Å². The average Bonchev–Trinajstić information content (AvgIpc) is 2.76. The Morgan fingerprint density at radius 3 is 2.61 bits per heavy atom. The number of nitro benzene ring substituents is 1. The van der Waals surface area contributed by atoms with Gasteiger partial charge in [0.15, 0.2) is 6.61 Å². The molecule has 1 aromatic heterocycles. The molecule has 0 saturated carbocycles. The topological polar surface area (TPSA) is 126 Å². The van der Waals surface area contributed by atoms with E-state index in [1.165, 1.54) is 23.0 Å². The maximum atomic E-state index is 13.3. The number of hydrogen-bond donors (Lipinski definition) is 0. The zero-order valence-corrected chi connectivity index (χ0v) is 22.6. The van der Waals surface area contributed by atoms with Gasteiger partial charge in [-0.3, -0.25) is 14.9 Å². The van der Waals surface area contributed by atoms with E-state index in [4.69, 9.17) is 21.1 Å². The third-order valence-electron chi connectivity index (χ3n) is 4.75. The number of fused-ring (bicyclic) bond motifs is 1. The molecule has 3 aromatic rings. The van der Waals surface area contributed by atoms with Crippen LogP contribution >= 0.6 is 27.5 Å². The summed E-state index contributed by atoms with van der Waals surface area (Å²) in [6.45, 7) is 8.47. The molecule has 1 heterocycles. The molecule has 190 valence electrons. The van der Waals surface area contributed by atoms with E-state index in [9.17, 15) is 19.7 Å². The second-order valence-corrected chi connectivity index (χ2v) is 10.5. The largest absolute Gasteiger partial charge is 0.474 e. The minimum Gasteiger partial charge on any atom is -0.474 e. The summed E-state index contributed by atoms with van der Waals surface area (Å²) in [6.07, 6.45) is 0.912. The molecule has 0 fully saturated rings. The van der Waals surface area contributed by atoms with Gasteiger partial charge in [-0.05, 0) is 38.1 Å². The highest BCUT2D eigenvalue weighted by molar-refractivity contribution is 9.10. The van der Waals surface area contributed by atoms with Crippen LogP contribution in [0.5, 0.6) is 5.75 Å². The molecule has 2 aromatic carbocycles. The van der Waals surface area contributed by atoms with Crippen molar-refractivity contribution in [3.63, 3.8) is 0 Å². The van der Waals surface area contributed by atoms with Crippen LogP contribution in [0.25, 0.3) is 10.9 Å². The molecule has 0 aliphatic heterocycles. The van der Waals surface area contributed by atoms with Gasteiger partial charge in [-0.15, -0.1) is 0 Å². The van der Waals surface area contributed by atoms with E-state index in [1.54, 1.807) is 32.0 Å². The number of carbonyl (C=O) groups is 1. The number of aromatic nitrogens is 2. The Bertz CT molecular complexity index is 1430. The standard InChI is InChI=1S/C24H24BrClN4O6/c1-13(2)36-20(31)12-35-21-17(26)8-14(9-19(21)30(33)34)11-27-29-22(32)16-10-15(25)6-7-18(16)28-23(29)24(3,4)5/h6-11,13H,12H2,1-5H3. The van der Waals surface area contributed by atoms with Crippen LogP contribution in [-0.4, -0.2) is 39.5 Å². The number of rotatable bonds is 7. The number of nitrogens with zero attached hydrogens (tertiary/aromatic N) is 4. The molecule has 0 aliphatic carbocycles. The van der Waals surface area contributed by atoms with Gasteiger partial charge in [0.25, 0.3) is 5.56 Å². The average molecular weight is 580 g/mol. The Morgan fingerprint density at radius 2 is 2.00 bits per heavy atom. The van der Waals surface area contributed by atoms with Gasteiger partial charge in [0.05, 0.1) is 33.2 Å². The summed E-state index contributed by atoms with van der Waals surface area (Å²) in [4.78, 5) is 40.7. The Morgan fingerprint density at radius 1 is 1.31 bits per heavy atom. The van der Waals surface area contributed by atoms with Crippen LogP contribution in [0.2, 0.25) is 5.02 Å². The van der Waals surface area contributed by atoms with E-state index in [0.717, 1.165) is 0 Å². The van der Waals surface area contributed by atoms with Crippen LogP contribution in [0, 0.1) is 10.1 Å². The number of hydrogen-bond acceptors (Lipinski definition) is 8. The van der Waals surface area contributed by atoms with Crippen molar-refractivity contribution >= 4 is 56.3 Å². The molecule has 0 spiro atoms. The first-order valence-corrected chi connectivity index (χ1v) is 12.0. The second kappa shape index (κ2) is 10.8. The summed E-state index contributed by atoms with van der Waals surface area (Å²) in [6, 6.07) is 7.76. The summed E-state index contributed by atoms with van der Waals surface area (Å²) in [5.74, 6) is -0.558. The molecule has 36 heavy (non-hydrogen) atoms. The van der Waals surface area contributed by atoms with Crippen molar-refractivity contribution in [2.45, 2.75) is 46.1 Å². The normalized spacial score (nSPS) is 11.9. The van der Waals surface area contributed by atoms with Crippen LogP contribution < -0.4 is 10.3 Å². The van der Waals surface area contributed by atoms with E-state index in [-0.39, 0.29) is 22.4 Å². The molecule has 0 bridgehead atoms. The van der Waals surface area contributed by atoms with E-state index < -0.39 is 34.2 Å². The summed E-state index contributed by atoms with van der Waals surface area (Å²) in [5, 5.41) is 16.2. The van der Waals surface area contributed by atoms with Crippen molar-refractivity contribution in [3.8, 4) is 5.75 Å². The smallest absolute Gasteiger partial charge is 0.344 e. The molecule has 12 heteroatoms. The van der Waals surface area contributed by atoms with Crippen molar-refractivity contribution in [1.29, 1.82) is 0 Å². The molecule has 0 radical (unpaired) electrons. The monoisotopic (exact) mass is 578 g/mol. The summed E-state index contributed by atoms with van der Waals surface area (Å²) < 4.78 is 12.1. The van der Waals surface area contributed by atoms with Crippen LogP contribution in [0.3, 0.4) is 0 Å². The lowest BCUT2D eigenvalue weighted by atomic mass is 9.95. The van der Waals surface area contributed by atoms with Gasteiger partial charge in [-0.2, -0.15) is 9.78 Å². The first-order chi connectivity index (χ1) is 16.8. The predicted molar refractivity (Wildman–Crippen MR) is 140 cm³/mol. The highest BCUT2D eigenvalue weighted by Crippen LogP contribution is 2.36. The van der Waals surface area contributed by atoms with Crippen molar-refractivity contribution < 1.29 is 19.2 Å². The molecule has 3 rings (SSSR count). The predicted octanol–water partition coefficient (Wildman–Crippen LogP) is 5.23. The van der Waals surface area contributed by atoms with E-state index in [1.807, 2.05) is 20.8 Å². The van der Waals surface area contributed by atoms with Crippen LogP contribution in [0.4, 0.5) is 5.69 Å². The zero-order chi connectivity index (χ0) is 26.8. The maximum absolute atomic E-state index is 13.3. The maximum Gasteiger partial charge on any atom is 0.344 e. The van der Waals surface area contributed by atoms with Gasteiger partial charge >= 0.3 is 11.7 Å². The first-order valence-electron chi connectivity index (χ1n) is 10.8. The van der Waals surface area contributed by atoms with E-state index in [0.29, 0.717) is 21.2 Å². The number of carbonyl (C=O) groups excluding carboxylic acids is 1. The molecule has 0 amide bonds. The summed E-state index contributed by atoms with van der Waals surface area (Å²) >= 11 is 9.61. The number of benzene rings is 2. The van der Waals surface area contributed by atoms with Gasteiger partial charge in [0, 0.05) is 21.5 Å². The minimum atomic E-state index is -0.689. The Hall–Kier alpha value is -3.31. The van der Waals surface area contributed by atoms with E-state index >= 15 is 0 Å². The van der Waals surface area contributed by atoms with E-state index in [2.05, 4.69) is 26.0 Å². The van der Waals surface area contributed by atoms with Gasteiger partial charge in [-0.1, -0.05) is 48.3 Å². The van der Waals surface area contributed by atoms with Gasteiger partial charge in [0.2, 0.25) is 5.75 Å². The minimum absolute atomic E-state index is 0.105. The van der Waals surface area contributed by atoms with Gasteiger partial charge in [0.1, 0.15) is 5.82 Å². The van der Waals surface area contributed by atoms with Crippen molar-refractivity contribution in [2.24, 2.45) is 5.10 Å². The molecule has 0 atom stereocenters. The molecule has 0 aliphatic rings. The van der Waals surface area contributed by atoms with Gasteiger partial charge < -0.3 is 9.47 Å². The van der Waals surface area contributed by atoms with Crippen molar-refractivity contribution in [2.75, 3.05) is 6.61 Å². The lowest BCUT2D eigenvalue weighted by molar-refractivity contribution is -0.385. The molecule has 0 saturated heterocycles. The van der Waals surface area contributed by atoms with Crippen LogP contribution in [0.1, 0.15) is 46.0 Å². The number of halogens is 2. The SMILES string of the molecule is CC(C)OC(=O)COc1c(Cl)cc(C=Nn2c(C(C)(C)C)nc3ccc(Br)cc3c2=O)cc1[N+](=O)[O-]. The third kappa shape index (κ3) is 6.27. The molecule has 0 N–H and O–H groups in total. The second-order valence-electron chi connectivity index (χ2n) is 9.14. The highest BCUT2D eigenvalue weighted by atomic mass is 79.9. The fourth-order valence-electron chi connectivity index (χ4n) is 3.25. The van der Waals surface area contributed by atoms with Crippen molar-refractivity contribution in [3.05, 3.63) is 71.7 Å². The van der Waals surface area contributed by atoms with Crippen LogP contribution in [0.15, 0.2) is 44.7 Å². The fraction of sp³-hybridized carbons (Fsp3) is 0.333. The summed E-state index contributed by atoms with van der Waals surface area (Å²) in [5.41, 5.74) is -0.637. The molecule has 10 nitrogen and oxygen atoms in total. The lowest BCUT2D eigenvalue weighted by Gasteiger charge is -2.20. The first kappa shape index (κ1) is 27.3. The van der Waals surface area contributed by atoms with Gasteiger partial charge in [-0.25, -0.2) is 9.78 Å². The lowest BCUT2D eigenvalue weighted by Crippen LogP contribution is -2.29.